The fraction of sp³-hybridized carbons (Fsp3) is 1.00. The molecule has 3 nitrogen and oxygen atoms in total. The van der Waals surface area contributed by atoms with E-state index in [9.17, 15) is 8.42 Å². The van der Waals surface area contributed by atoms with Crippen LogP contribution in [0, 0.1) is 5.92 Å². The van der Waals surface area contributed by atoms with Crippen LogP contribution in [0.2, 0.25) is 0 Å². The number of sulfone groups is 1. The van der Waals surface area contributed by atoms with Crippen molar-refractivity contribution in [3.05, 3.63) is 0 Å². The maximum Gasteiger partial charge on any atom is 0.154 e. The quantitative estimate of drug-likeness (QED) is 0.798. The average molecular weight is 261 g/mol. The summed E-state index contributed by atoms with van der Waals surface area (Å²) in [4.78, 5) is 0. The van der Waals surface area contributed by atoms with Gasteiger partial charge in [-0.3, -0.25) is 0 Å². The second-order valence-corrected chi connectivity index (χ2v) is 7.40. The van der Waals surface area contributed by atoms with Crippen molar-refractivity contribution < 1.29 is 8.42 Å². The normalized spacial score (nSPS) is 26.0. The Morgan fingerprint density at radius 3 is 2.29 bits per heavy atom. The Hall–Kier alpha value is -0.0900. The van der Waals surface area contributed by atoms with Gasteiger partial charge in [0.25, 0.3) is 0 Å². The van der Waals surface area contributed by atoms with Crippen molar-refractivity contribution in [1.82, 2.24) is 5.32 Å². The molecule has 0 bridgehead atoms. The predicted molar refractivity (Wildman–Crippen MR) is 73.0 cm³/mol. The van der Waals surface area contributed by atoms with Crippen molar-refractivity contribution in [3.63, 3.8) is 0 Å². The molecule has 1 N–H and O–H groups in total. The second kappa shape index (κ2) is 6.74. The molecule has 1 heterocycles. The van der Waals surface area contributed by atoms with Gasteiger partial charge in [-0.25, -0.2) is 8.42 Å². The summed E-state index contributed by atoms with van der Waals surface area (Å²) >= 11 is 0. The van der Waals surface area contributed by atoms with Gasteiger partial charge in [-0.15, -0.1) is 0 Å². The number of hydrogen-bond acceptors (Lipinski definition) is 3. The van der Waals surface area contributed by atoms with E-state index in [0.717, 1.165) is 38.6 Å². The molecule has 0 aliphatic carbocycles. The molecule has 102 valence electrons. The van der Waals surface area contributed by atoms with Crippen LogP contribution in [0.4, 0.5) is 0 Å². The minimum atomic E-state index is -2.87. The summed E-state index contributed by atoms with van der Waals surface area (Å²) in [6, 6.07) is 0.153. The summed E-state index contributed by atoms with van der Waals surface area (Å²) in [5.74, 6) is 0.868. The van der Waals surface area contributed by atoms with E-state index in [2.05, 4.69) is 26.1 Å². The van der Waals surface area contributed by atoms with Gasteiger partial charge in [-0.2, -0.15) is 0 Å². The highest BCUT2D eigenvalue weighted by Gasteiger charge is 2.37. The topological polar surface area (TPSA) is 46.2 Å². The molecular weight excluding hydrogens is 234 g/mol. The molecule has 0 spiro atoms. The molecule has 1 aliphatic rings. The number of hydrogen-bond donors (Lipinski definition) is 1. The van der Waals surface area contributed by atoms with Crippen LogP contribution in [0.15, 0.2) is 0 Å². The lowest BCUT2D eigenvalue weighted by Gasteiger charge is -2.35. The van der Waals surface area contributed by atoms with E-state index in [1.54, 1.807) is 0 Å². The molecule has 1 fully saturated rings. The first kappa shape index (κ1) is 15.0. The summed E-state index contributed by atoms with van der Waals surface area (Å²) in [5.41, 5.74) is 0. The van der Waals surface area contributed by atoms with Crippen molar-refractivity contribution in [2.75, 3.05) is 12.3 Å². The van der Waals surface area contributed by atoms with E-state index in [4.69, 9.17) is 0 Å². The van der Waals surface area contributed by atoms with Gasteiger partial charge in [0.1, 0.15) is 0 Å². The third kappa shape index (κ3) is 3.68. The van der Waals surface area contributed by atoms with Crippen molar-refractivity contribution >= 4 is 9.84 Å². The van der Waals surface area contributed by atoms with Crippen LogP contribution in [0.3, 0.4) is 0 Å². The summed E-state index contributed by atoms with van der Waals surface area (Å²) in [6.07, 6.45) is 4.86. The maximum absolute atomic E-state index is 12.2. The van der Waals surface area contributed by atoms with Crippen molar-refractivity contribution in [1.29, 1.82) is 0 Å². The lowest BCUT2D eigenvalue weighted by Crippen LogP contribution is -2.50. The third-order valence-corrected chi connectivity index (χ3v) is 6.33. The molecule has 0 saturated carbocycles. The highest BCUT2D eigenvalue weighted by Crippen LogP contribution is 2.28. The van der Waals surface area contributed by atoms with E-state index in [1.165, 1.54) is 0 Å². The second-order valence-electron chi connectivity index (χ2n) is 5.06. The van der Waals surface area contributed by atoms with Crippen LogP contribution in [-0.4, -0.2) is 32.0 Å². The van der Waals surface area contributed by atoms with Gasteiger partial charge >= 0.3 is 0 Å². The molecular formula is C13H27NO2S. The van der Waals surface area contributed by atoms with Crippen molar-refractivity contribution in [2.45, 2.75) is 64.2 Å². The predicted octanol–water partition coefficient (Wildman–Crippen LogP) is 2.37. The van der Waals surface area contributed by atoms with Gasteiger partial charge in [0, 0.05) is 6.04 Å². The average Bonchev–Trinajstić information content (AvgIpc) is 2.29. The van der Waals surface area contributed by atoms with E-state index in [0.29, 0.717) is 11.7 Å². The summed E-state index contributed by atoms with van der Waals surface area (Å²) < 4.78 is 24.4. The smallest absolute Gasteiger partial charge is 0.154 e. The maximum atomic E-state index is 12.2. The van der Waals surface area contributed by atoms with E-state index in [1.807, 2.05) is 0 Å². The van der Waals surface area contributed by atoms with Crippen LogP contribution >= 0.6 is 0 Å². The Kier molecular flexibility index (Phi) is 5.93. The van der Waals surface area contributed by atoms with Gasteiger partial charge in [-0.1, -0.05) is 40.0 Å². The SMILES string of the molecule is CCNC(C(CC)CC)C1CCCCS1(=O)=O. The molecule has 2 atom stereocenters. The molecule has 1 saturated heterocycles. The molecule has 0 amide bonds. The Labute approximate surface area is 106 Å². The van der Waals surface area contributed by atoms with Crippen LogP contribution in [0.25, 0.3) is 0 Å². The molecule has 1 rings (SSSR count). The fourth-order valence-electron chi connectivity index (χ4n) is 3.02. The molecule has 4 heteroatoms. The minimum Gasteiger partial charge on any atom is -0.313 e. The molecule has 1 aliphatic heterocycles. The first-order valence-corrected chi connectivity index (χ1v) is 8.73. The first-order chi connectivity index (χ1) is 8.06. The Morgan fingerprint density at radius 1 is 1.18 bits per heavy atom. The lowest BCUT2D eigenvalue weighted by atomic mass is 9.89. The van der Waals surface area contributed by atoms with Crippen LogP contribution in [-0.2, 0) is 9.84 Å². The molecule has 0 aromatic heterocycles. The van der Waals surface area contributed by atoms with Gasteiger partial charge in [0.05, 0.1) is 11.0 Å². The molecule has 2 unspecified atom stereocenters. The van der Waals surface area contributed by atoms with Gasteiger partial charge in [-0.05, 0) is 25.3 Å². The number of rotatable bonds is 6. The van der Waals surface area contributed by atoms with Crippen LogP contribution in [0.5, 0.6) is 0 Å². The Morgan fingerprint density at radius 2 is 1.82 bits per heavy atom. The van der Waals surface area contributed by atoms with Gasteiger partial charge in [0.15, 0.2) is 9.84 Å². The zero-order valence-corrected chi connectivity index (χ0v) is 12.2. The highest BCUT2D eigenvalue weighted by molar-refractivity contribution is 7.92. The standard InChI is InChI=1S/C13H27NO2S/c1-4-11(5-2)13(14-6-3)12-9-7-8-10-17(12,15)16/h11-14H,4-10H2,1-3H3. The highest BCUT2D eigenvalue weighted by atomic mass is 32.2. The van der Waals surface area contributed by atoms with Crippen LogP contribution < -0.4 is 5.32 Å². The Balaban J connectivity index is 2.88. The fourth-order valence-corrected chi connectivity index (χ4v) is 5.22. The molecule has 0 aromatic carbocycles. The molecule has 0 radical (unpaired) electrons. The van der Waals surface area contributed by atoms with E-state index in [-0.39, 0.29) is 11.3 Å². The molecule has 0 aromatic rings. The van der Waals surface area contributed by atoms with Crippen molar-refractivity contribution in [2.24, 2.45) is 5.92 Å². The largest absolute Gasteiger partial charge is 0.313 e. The zero-order chi connectivity index (χ0) is 12.9. The van der Waals surface area contributed by atoms with Gasteiger partial charge < -0.3 is 5.32 Å². The zero-order valence-electron chi connectivity index (χ0n) is 11.4. The van der Waals surface area contributed by atoms with Crippen molar-refractivity contribution in [3.8, 4) is 0 Å². The monoisotopic (exact) mass is 261 g/mol. The summed E-state index contributed by atoms with van der Waals surface area (Å²) in [7, 11) is -2.87. The summed E-state index contributed by atoms with van der Waals surface area (Å²) in [5, 5.41) is 3.28. The third-order valence-electron chi connectivity index (χ3n) is 4.03. The summed E-state index contributed by atoms with van der Waals surface area (Å²) in [6.45, 7) is 7.24. The molecule has 17 heavy (non-hydrogen) atoms. The van der Waals surface area contributed by atoms with E-state index >= 15 is 0 Å². The number of nitrogens with one attached hydrogen (secondary N) is 1. The van der Waals surface area contributed by atoms with E-state index < -0.39 is 9.84 Å². The Bertz CT molecular complexity index is 309. The lowest BCUT2D eigenvalue weighted by molar-refractivity contribution is 0.311. The first-order valence-electron chi connectivity index (χ1n) is 7.01. The van der Waals surface area contributed by atoms with Crippen LogP contribution in [0.1, 0.15) is 52.9 Å². The minimum absolute atomic E-state index is 0.152. The van der Waals surface area contributed by atoms with Gasteiger partial charge in [0.2, 0.25) is 0 Å².